The van der Waals surface area contributed by atoms with E-state index >= 15 is 0 Å². The van der Waals surface area contributed by atoms with Crippen LogP contribution in [0.3, 0.4) is 0 Å². The van der Waals surface area contributed by atoms with Crippen LogP contribution in [0.15, 0.2) is 95.1 Å². The molecule has 1 nitrogen and oxygen atoms in total. The van der Waals surface area contributed by atoms with Crippen molar-refractivity contribution >= 4 is 5.71 Å². The van der Waals surface area contributed by atoms with Gasteiger partial charge in [0.2, 0.25) is 0 Å². The zero-order valence-electron chi connectivity index (χ0n) is 18.4. The highest BCUT2D eigenvalue weighted by molar-refractivity contribution is 6.05. The molecule has 0 saturated heterocycles. The minimum atomic E-state index is 1.02. The van der Waals surface area contributed by atoms with Gasteiger partial charge in [-0.3, -0.25) is 4.99 Å². The number of aryl methyl sites for hydroxylation is 2. The number of nitrogens with zero attached hydrogens (tertiary/aromatic N) is 1. The van der Waals surface area contributed by atoms with Crippen LogP contribution < -0.4 is 0 Å². The second-order valence-corrected chi connectivity index (χ2v) is 8.21. The number of rotatable bonds is 4. The minimum Gasteiger partial charge on any atom is -0.257 e. The number of benzene rings is 3. The maximum absolute atomic E-state index is 5.04. The molecule has 0 bridgehead atoms. The van der Waals surface area contributed by atoms with Crippen LogP contribution in [0.2, 0.25) is 0 Å². The third kappa shape index (κ3) is 4.21. The Balaban J connectivity index is 1.81. The lowest BCUT2D eigenvalue weighted by Gasteiger charge is -2.15. The van der Waals surface area contributed by atoms with E-state index in [-0.39, 0.29) is 0 Å². The molecule has 0 heterocycles. The van der Waals surface area contributed by atoms with Gasteiger partial charge in [0, 0.05) is 17.0 Å². The molecule has 1 aliphatic rings. The summed E-state index contributed by atoms with van der Waals surface area (Å²) in [6, 6.07) is 24.1. The quantitative estimate of drug-likeness (QED) is 0.399. The molecule has 0 atom stereocenters. The molecule has 3 aromatic rings. The maximum Gasteiger partial charge on any atom is 0.0454 e. The van der Waals surface area contributed by atoms with Crippen molar-refractivity contribution < 1.29 is 0 Å². The summed E-state index contributed by atoms with van der Waals surface area (Å²) in [5.41, 5.74) is 12.3. The van der Waals surface area contributed by atoms with Crippen molar-refractivity contribution in [3.05, 3.63) is 107 Å². The first-order valence-electron chi connectivity index (χ1n) is 10.7. The fourth-order valence-electron chi connectivity index (χ4n) is 4.13. The molecule has 0 N–H and O–H groups in total. The molecule has 4 rings (SSSR count). The summed E-state index contributed by atoms with van der Waals surface area (Å²) in [7, 11) is 0. The van der Waals surface area contributed by atoms with Gasteiger partial charge in [-0.1, -0.05) is 78.4 Å². The second-order valence-electron chi connectivity index (χ2n) is 8.21. The number of aliphatic imine (C=N–C) groups is 1. The monoisotopic (exact) mass is 391 g/mol. The van der Waals surface area contributed by atoms with Crippen molar-refractivity contribution in [2.24, 2.45) is 4.99 Å². The van der Waals surface area contributed by atoms with Crippen molar-refractivity contribution in [2.75, 3.05) is 0 Å². The predicted octanol–water partition coefficient (Wildman–Crippen LogP) is 8.07. The van der Waals surface area contributed by atoms with Gasteiger partial charge < -0.3 is 0 Å². The van der Waals surface area contributed by atoms with E-state index in [4.69, 9.17) is 4.99 Å². The summed E-state index contributed by atoms with van der Waals surface area (Å²) in [6.07, 6.45) is 6.52. The van der Waals surface area contributed by atoms with Crippen LogP contribution in [0.4, 0.5) is 0 Å². The molecule has 0 fully saturated rings. The first-order valence-corrected chi connectivity index (χ1v) is 10.7. The van der Waals surface area contributed by atoms with Gasteiger partial charge >= 0.3 is 0 Å². The van der Waals surface area contributed by atoms with Gasteiger partial charge in [0.1, 0.15) is 0 Å². The van der Waals surface area contributed by atoms with Crippen molar-refractivity contribution in [2.45, 2.75) is 40.5 Å². The topological polar surface area (TPSA) is 12.4 Å². The summed E-state index contributed by atoms with van der Waals surface area (Å²) >= 11 is 0. The summed E-state index contributed by atoms with van der Waals surface area (Å²) < 4.78 is 0. The maximum atomic E-state index is 5.04. The summed E-state index contributed by atoms with van der Waals surface area (Å²) in [5.74, 6) is 0. The van der Waals surface area contributed by atoms with Crippen LogP contribution in [0, 0.1) is 13.8 Å². The summed E-state index contributed by atoms with van der Waals surface area (Å²) in [5, 5.41) is 0. The largest absolute Gasteiger partial charge is 0.257 e. The zero-order valence-corrected chi connectivity index (χ0v) is 18.4. The fourth-order valence-corrected chi connectivity index (χ4v) is 4.13. The molecule has 0 saturated carbocycles. The molecule has 0 spiro atoms. The van der Waals surface area contributed by atoms with Crippen molar-refractivity contribution in [1.29, 1.82) is 0 Å². The van der Waals surface area contributed by atoms with E-state index in [9.17, 15) is 0 Å². The van der Waals surface area contributed by atoms with Crippen LogP contribution in [0.1, 0.15) is 43.4 Å². The van der Waals surface area contributed by atoms with Crippen LogP contribution in [0.5, 0.6) is 0 Å². The van der Waals surface area contributed by atoms with E-state index in [1.807, 2.05) is 0 Å². The highest BCUT2D eigenvalue weighted by Crippen LogP contribution is 2.32. The number of hydrogen-bond donors (Lipinski definition) is 0. The van der Waals surface area contributed by atoms with Gasteiger partial charge in [0.25, 0.3) is 0 Å². The highest BCUT2D eigenvalue weighted by Gasteiger charge is 2.12. The summed E-state index contributed by atoms with van der Waals surface area (Å²) in [4.78, 5) is 5.04. The molecule has 0 aliphatic heterocycles. The Morgan fingerprint density at radius 1 is 0.800 bits per heavy atom. The second kappa shape index (κ2) is 8.67. The zero-order chi connectivity index (χ0) is 21.1. The predicted molar refractivity (Wildman–Crippen MR) is 130 cm³/mol. The van der Waals surface area contributed by atoms with E-state index in [1.54, 1.807) is 0 Å². The Kier molecular flexibility index (Phi) is 5.81. The van der Waals surface area contributed by atoms with Gasteiger partial charge in [0.05, 0.1) is 0 Å². The third-order valence-electron chi connectivity index (χ3n) is 5.87. The minimum absolute atomic E-state index is 1.02. The van der Waals surface area contributed by atoms with Gasteiger partial charge in [-0.25, -0.2) is 0 Å². The molecule has 0 radical (unpaired) electrons. The first-order chi connectivity index (χ1) is 14.5. The van der Waals surface area contributed by atoms with Gasteiger partial charge in [-0.2, -0.15) is 0 Å². The van der Waals surface area contributed by atoms with E-state index in [0.29, 0.717) is 0 Å². The summed E-state index contributed by atoms with van der Waals surface area (Å²) in [6.45, 7) is 8.63. The van der Waals surface area contributed by atoms with Crippen LogP contribution in [-0.2, 0) is 0 Å². The van der Waals surface area contributed by atoms with Crippen molar-refractivity contribution in [1.82, 2.24) is 0 Å². The molecule has 1 heteroatoms. The molecular weight excluding hydrogens is 362 g/mol. The lowest BCUT2D eigenvalue weighted by molar-refractivity contribution is 0.921. The smallest absolute Gasteiger partial charge is 0.0454 e. The Morgan fingerprint density at radius 2 is 1.60 bits per heavy atom. The molecule has 30 heavy (non-hydrogen) atoms. The molecule has 0 unspecified atom stereocenters. The SMILES string of the molecule is CC(=NC1=C(C)C=CCC1)c1ccccc1-c1cc(-c2cccc(C)c2)ccc1C. The van der Waals surface area contributed by atoms with Gasteiger partial charge in [-0.15, -0.1) is 0 Å². The lowest BCUT2D eigenvalue weighted by atomic mass is 9.91. The Hall–Kier alpha value is -3.19. The lowest BCUT2D eigenvalue weighted by Crippen LogP contribution is -2.01. The first kappa shape index (κ1) is 20.1. The Bertz CT molecular complexity index is 1170. The Morgan fingerprint density at radius 3 is 2.40 bits per heavy atom. The normalized spacial score (nSPS) is 14.3. The molecule has 3 aromatic carbocycles. The van der Waals surface area contributed by atoms with Crippen LogP contribution in [-0.4, -0.2) is 5.71 Å². The molecule has 0 amide bonds. The average Bonchev–Trinajstić information content (AvgIpc) is 2.76. The van der Waals surface area contributed by atoms with Crippen molar-refractivity contribution in [3.8, 4) is 22.3 Å². The average molecular weight is 392 g/mol. The van der Waals surface area contributed by atoms with Crippen LogP contribution >= 0.6 is 0 Å². The number of hydrogen-bond acceptors (Lipinski definition) is 1. The van der Waals surface area contributed by atoms with E-state index in [0.717, 1.165) is 18.6 Å². The van der Waals surface area contributed by atoms with Crippen LogP contribution in [0.25, 0.3) is 22.3 Å². The third-order valence-corrected chi connectivity index (χ3v) is 5.87. The molecular formula is C29H29N. The molecule has 150 valence electrons. The van der Waals surface area contributed by atoms with E-state index in [2.05, 4.69) is 107 Å². The Labute approximate surface area is 180 Å². The standard InChI is InChI=1S/C29H29N/c1-20-10-9-12-24(18-20)25-17-16-21(2)28(19-25)27-14-7-6-13-26(27)23(4)30-29-15-8-5-11-22(29)3/h5-7,9-14,16-19H,8,15H2,1-4H3. The molecule has 1 aliphatic carbocycles. The number of allylic oxidation sites excluding steroid dienone is 4. The van der Waals surface area contributed by atoms with Gasteiger partial charge in [0.15, 0.2) is 0 Å². The highest BCUT2D eigenvalue weighted by atomic mass is 14.8. The van der Waals surface area contributed by atoms with E-state index in [1.165, 1.54) is 50.2 Å². The fraction of sp³-hybridized carbons (Fsp3) is 0.207. The van der Waals surface area contributed by atoms with Gasteiger partial charge in [-0.05, 0) is 80.0 Å². The van der Waals surface area contributed by atoms with Crippen molar-refractivity contribution in [3.63, 3.8) is 0 Å². The molecule has 0 aromatic heterocycles. The van der Waals surface area contributed by atoms with E-state index < -0.39 is 0 Å².